The van der Waals surface area contributed by atoms with Crippen LogP contribution >= 0.6 is 0 Å². The van der Waals surface area contributed by atoms with Crippen LogP contribution in [0.15, 0.2) is 33.5 Å². The number of fused-ring (bicyclic) bond motifs is 3. The van der Waals surface area contributed by atoms with Gasteiger partial charge >= 0.3 is 0 Å². The van der Waals surface area contributed by atoms with Crippen LogP contribution in [-0.2, 0) is 22.3 Å². The molecule has 2 heterocycles. The van der Waals surface area contributed by atoms with E-state index in [0.717, 1.165) is 5.56 Å². The minimum absolute atomic E-state index is 0.0140. The summed E-state index contributed by atoms with van der Waals surface area (Å²) in [5, 5.41) is 30.8. The largest absolute Gasteiger partial charge is 0.504 e. The van der Waals surface area contributed by atoms with Crippen molar-refractivity contribution in [1.29, 1.82) is 0 Å². The normalized spacial score (nSPS) is 27.3. The van der Waals surface area contributed by atoms with Crippen molar-refractivity contribution in [3.63, 3.8) is 0 Å². The molecule has 156 valence electrons. The van der Waals surface area contributed by atoms with Crippen molar-refractivity contribution in [1.82, 2.24) is 0 Å². The number of aliphatic hydroxyl groups is 2. The van der Waals surface area contributed by atoms with Gasteiger partial charge in [-0.1, -0.05) is 6.07 Å². The molecule has 1 aromatic carbocycles. The van der Waals surface area contributed by atoms with Gasteiger partial charge in [-0.15, -0.1) is 0 Å². The quantitative estimate of drug-likeness (QED) is 0.705. The molecule has 2 aliphatic rings. The molecule has 1 aromatic heterocycles. The molecule has 0 saturated carbocycles. The number of methoxy groups -OCH3 is 1. The molecule has 29 heavy (non-hydrogen) atoms. The molecular weight excluding hydrogens is 380 g/mol. The molecule has 0 radical (unpaired) electrons. The molecule has 1 fully saturated rings. The number of phenolic OH excluding ortho intramolecular Hbond substituents is 1. The van der Waals surface area contributed by atoms with E-state index in [9.17, 15) is 20.1 Å². The minimum atomic E-state index is -1.39. The van der Waals surface area contributed by atoms with Gasteiger partial charge in [0.15, 0.2) is 22.7 Å². The van der Waals surface area contributed by atoms with Gasteiger partial charge in [-0.2, -0.15) is 0 Å². The molecule has 4 rings (SSSR count). The van der Waals surface area contributed by atoms with E-state index in [4.69, 9.17) is 18.6 Å². The van der Waals surface area contributed by atoms with Crippen LogP contribution < -0.4 is 10.2 Å². The van der Waals surface area contributed by atoms with E-state index in [1.54, 1.807) is 26.0 Å². The number of ether oxygens (including phenoxy) is 3. The summed E-state index contributed by atoms with van der Waals surface area (Å²) in [5.41, 5.74) is 0.684. The lowest BCUT2D eigenvalue weighted by atomic mass is 9.87. The highest BCUT2D eigenvalue weighted by molar-refractivity contribution is 5.42. The maximum absolute atomic E-state index is 12.8. The van der Waals surface area contributed by atoms with Crippen LogP contribution in [0.2, 0.25) is 0 Å². The second-order valence-electron chi connectivity index (χ2n) is 7.82. The van der Waals surface area contributed by atoms with Crippen LogP contribution in [0.4, 0.5) is 0 Å². The van der Waals surface area contributed by atoms with Gasteiger partial charge in [-0.05, 0) is 38.0 Å². The molecule has 3 N–H and O–H groups in total. The molecule has 0 bridgehead atoms. The second-order valence-corrected chi connectivity index (χ2v) is 7.82. The molecule has 4 atom stereocenters. The molecule has 8 nitrogen and oxygen atoms in total. The number of benzene rings is 1. The van der Waals surface area contributed by atoms with Crippen LogP contribution in [0.5, 0.6) is 11.5 Å². The van der Waals surface area contributed by atoms with Crippen LogP contribution in [0, 0.1) is 0 Å². The van der Waals surface area contributed by atoms with Crippen LogP contribution in [-0.4, -0.2) is 40.4 Å². The first-order valence-electron chi connectivity index (χ1n) is 9.44. The second kappa shape index (κ2) is 7.14. The van der Waals surface area contributed by atoms with Crippen LogP contribution in [0.1, 0.15) is 48.7 Å². The summed E-state index contributed by atoms with van der Waals surface area (Å²) in [6.07, 6.45) is -3.44. The summed E-state index contributed by atoms with van der Waals surface area (Å²) in [6.45, 7) is 3.37. The van der Waals surface area contributed by atoms with E-state index in [0.29, 0.717) is 24.4 Å². The van der Waals surface area contributed by atoms with Crippen LogP contribution in [0.3, 0.4) is 0 Å². The van der Waals surface area contributed by atoms with Crippen molar-refractivity contribution in [2.24, 2.45) is 0 Å². The summed E-state index contributed by atoms with van der Waals surface area (Å²) in [4.78, 5) is 12.8. The molecule has 0 spiro atoms. The maximum Gasteiger partial charge on any atom is 0.191 e. The fraction of sp³-hybridized carbons (Fsp3) is 0.476. The monoisotopic (exact) mass is 404 g/mol. The van der Waals surface area contributed by atoms with Gasteiger partial charge in [0.2, 0.25) is 0 Å². The first-order valence-corrected chi connectivity index (χ1v) is 9.44. The number of phenols is 1. The third kappa shape index (κ3) is 3.53. The number of aliphatic hydroxyl groups excluding tert-OH is 2. The number of rotatable bonds is 4. The summed E-state index contributed by atoms with van der Waals surface area (Å²) >= 11 is 0. The van der Waals surface area contributed by atoms with Crippen molar-refractivity contribution < 1.29 is 33.9 Å². The van der Waals surface area contributed by atoms with Crippen LogP contribution in [0.25, 0.3) is 0 Å². The van der Waals surface area contributed by atoms with Gasteiger partial charge in [0.1, 0.15) is 35.9 Å². The van der Waals surface area contributed by atoms with Crippen molar-refractivity contribution in [2.45, 2.75) is 56.9 Å². The predicted octanol–water partition coefficient (Wildman–Crippen LogP) is 1.74. The standard InChI is InChI=1S/C21H24O8/c1-21(2)28-19-15-13(23)9-11(27-18(15)16(24)17(25)20(19)29-21)6-4-10-5-7-14(26-3)12(22)8-10/h5,7-9,16-17,19-20,22,24-25H,4,6H2,1-3H3/t16-,17-,19+,20-/m1/s1. The van der Waals surface area contributed by atoms with Crippen molar-refractivity contribution in [3.05, 3.63) is 57.1 Å². The number of hydrogen-bond donors (Lipinski definition) is 3. The molecular formula is C21H24O8. The zero-order valence-corrected chi connectivity index (χ0v) is 16.4. The molecule has 0 unspecified atom stereocenters. The van der Waals surface area contributed by atoms with Gasteiger partial charge in [-0.25, -0.2) is 0 Å². The Morgan fingerprint density at radius 3 is 2.59 bits per heavy atom. The van der Waals surface area contributed by atoms with Gasteiger partial charge in [0, 0.05) is 12.5 Å². The Bertz CT molecular complexity index is 979. The first kappa shape index (κ1) is 19.9. The maximum atomic E-state index is 12.8. The highest BCUT2D eigenvalue weighted by atomic mass is 16.8. The predicted molar refractivity (Wildman–Crippen MR) is 101 cm³/mol. The van der Waals surface area contributed by atoms with Crippen molar-refractivity contribution in [2.75, 3.05) is 7.11 Å². The van der Waals surface area contributed by atoms with E-state index in [1.807, 2.05) is 6.07 Å². The van der Waals surface area contributed by atoms with Gasteiger partial charge in [-0.3, -0.25) is 4.79 Å². The SMILES string of the molecule is COc1ccc(CCc2cc(=O)c3c(o2)[C@H](O)[C@@H](O)[C@H]2OC(C)(C)O[C@@H]32)cc1O. The highest BCUT2D eigenvalue weighted by Gasteiger charge is 2.54. The lowest BCUT2D eigenvalue weighted by Crippen LogP contribution is -2.43. The van der Waals surface area contributed by atoms with Crippen molar-refractivity contribution >= 4 is 0 Å². The Kier molecular flexibility index (Phi) is 4.90. The van der Waals surface area contributed by atoms with E-state index < -0.39 is 30.2 Å². The average Bonchev–Trinajstić information content (AvgIpc) is 2.99. The fourth-order valence-corrected chi connectivity index (χ4v) is 3.95. The Morgan fingerprint density at radius 1 is 1.14 bits per heavy atom. The summed E-state index contributed by atoms with van der Waals surface area (Å²) in [6, 6.07) is 6.43. The van der Waals surface area contributed by atoms with Gasteiger partial charge < -0.3 is 33.9 Å². The molecule has 0 amide bonds. The Morgan fingerprint density at radius 2 is 1.90 bits per heavy atom. The summed E-state index contributed by atoms with van der Waals surface area (Å²) in [7, 11) is 1.47. The smallest absolute Gasteiger partial charge is 0.191 e. The van der Waals surface area contributed by atoms with E-state index in [-0.39, 0.29) is 22.5 Å². The van der Waals surface area contributed by atoms with Gasteiger partial charge in [0.25, 0.3) is 0 Å². The van der Waals surface area contributed by atoms with E-state index in [1.165, 1.54) is 13.2 Å². The molecule has 1 aliphatic carbocycles. The topological polar surface area (TPSA) is 119 Å². The molecule has 2 aromatic rings. The minimum Gasteiger partial charge on any atom is -0.504 e. The fourth-order valence-electron chi connectivity index (χ4n) is 3.95. The highest BCUT2D eigenvalue weighted by Crippen LogP contribution is 2.46. The lowest BCUT2D eigenvalue weighted by molar-refractivity contribution is -0.162. The number of aromatic hydroxyl groups is 1. The molecule has 1 aliphatic heterocycles. The summed E-state index contributed by atoms with van der Waals surface area (Å²) in [5.74, 6) is -0.198. The third-order valence-electron chi connectivity index (χ3n) is 5.31. The third-order valence-corrected chi connectivity index (χ3v) is 5.31. The Labute approximate surface area is 167 Å². The van der Waals surface area contributed by atoms with Gasteiger partial charge in [0.05, 0.1) is 12.7 Å². The number of hydrogen-bond acceptors (Lipinski definition) is 8. The first-order chi connectivity index (χ1) is 13.7. The Hall–Kier alpha value is -2.39. The average molecular weight is 404 g/mol. The molecule has 1 saturated heterocycles. The summed E-state index contributed by atoms with van der Waals surface area (Å²) < 4.78 is 22.3. The van der Waals surface area contributed by atoms with E-state index >= 15 is 0 Å². The zero-order chi connectivity index (χ0) is 20.9. The lowest BCUT2D eigenvalue weighted by Gasteiger charge is -2.32. The van der Waals surface area contributed by atoms with E-state index in [2.05, 4.69) is 0 Å². The van der Waals surface area contributed by atoms with Crippen molar-refractivity contribution in [3.8, 4) is 11.5 Å². The zero-order valence-electron chi connectivity index (χ0n) is 16.4. The number of aryl methyl sites for hydroxylation is 2. The molecule has 8 heteroatoms. The Balaban J connectivity index is 1.61.